The van der Waals surface area contributed by atoms with Gasteiger partial charge in [-0.3, -0.25) is 0 Å². The third-order valence-electron chi connectivity index (χ3n) is 2.65. The molecule has 2 rings (SSSR count). The van der Waals surface area contributed by atoms with Gasteiger partial charge in [-0.1, -0.05) is 6.07 Å². The molecular formula is C14H11N3O3. The Balaban J connectivity index is 2.51. The molecule has 0 aliphatic rings. The van der Waals surface area contributed by atoms with Crippen LogP contribution >= 0.6 is 0 Å². The lowest BCUT2D eigenvalue weighted by Gasteiger charge is -2.13. The van der Waals surface area contributed by atoms with E-state index in [1.807, 2.05) is 6.07 Å². The van der Waals surface area contributed by atoms with Crippen molar-refractivity contribution in [2.75, 3.05) is 12.4 Å². The molecule has 0 bridgehead atoms. The maximum absolute atomic E-state index is 11.1. The van der Waals surface area contributed by atoms with Gasteiger partial charge in [0.1, 0.15) is 28.9 Å². The van der Waals surface area contributed by atoms with Crippen molar-refractivity contribution in [2.45, 2.75) is 0 Å². The van der Waals surface area contributed by atoms with E-state index in [4.69, 9.17) is 15.1 Å². The third kappa shape index (κ3) is 2.52. The van der Waals surface area contributed by atoms with E-state index in [1.54, 1.807) is 18.2 Å². The zero-order valence-corrected chi connectivity index (χ0v) is 10.6. The minimum absolute atomic E-state index is 0.0160. The molecule has 2 N–H and O–H groups in total. The van der Waals surface area contributed by atoms with Crippen molar-refractivity contribution in [1.29, 1.82) is 5.26 Å². The van der Waals surface area contributed by atoms with Crippen LogP contribution in [0.2, 0.25) is 0 Å². The fourth-order valence-electron chi connectivity index (χ4n) is 1.72. The van der Waals surface area contributed by atoms with Gasteiger partial charge >= 0.3 is 5.97 Å². The van der Waals surface area contributed by atoms with Gasteiger partial charge in [0.05, 0.1) is 12.7 Å². The van der Waals surface area contributed by atoms with Crippen LogP contribution in [0.15, 0.2) is 36.5 Å². The number of benzene rings is 1. The number of ether oxygens (including phenoxy) is 1. The number of nitriles is 1. The number of para-hydroxylation sites is 1. The van der Waals surface area contributed by atoms with Crippen molar-refractivity contribution in [3.05, 3.63) is 47.7 Å². The van der Waals surface area contributed by atoms with Gasteiger partial charge in [-0.25, -0.2) is 9.78 Å². The lowest BCUT2D eigenvalue weighted by atomic mass is 10.1. The molecule has 0 aliphatic carbocycles. The quantitative estimate of drug-likeness (QED) is 0.884. The number of carboxylic acid groups (broad SMARTS) is 1. The van der Waals surface area contributed by atoms with Gasteiger partial charge in [0.15, 0.2) is 0 Å². The molecule has 0 unspecified atom stereocenters. The Labute approximate surface area is 115 Å². The van der Waals surface area contributed by atoms with Crippen LogP contribution in [0.3, 0.4) is 0 Å². The summed E-state index contributed by atoms with van der Waals surface area (Å²) >= 11 is 0. The highest BCUT2D eigenvalue weighted by molar-refractivity contribution is 5.94. The van der Waals surface area contributed by atoms with Crippen molar-refractivity contribution in [3.63, 3.8) is 0 Å². The Morgan fingerprint density at radius 2 is 2.20 bits per heavy atom. The Morgan fingerprint density at radius 3 is 2.85 bits per heavy atom. The van der Waals surface area contributed by atoms with E-state index in [0.29, 0.717) is 17.0 Å². The fourth-order valence-corrected chi connectivity index (χ4v) is 1.72. The number of hydrogen-bond acceptors (Lipinski definition) is 5. The van der Waals surface area contributed by atoms with Gasteiger partial charge < -0.3 is 15.2 Å². The largest absolute Gasteiger partial charge is 0.495 e. The summed E-state index contributed by atoms with van der Waals surface area (Å²) in [4.78, 5) is 15.1. The van der Waals surface area contributed by atoms with E-state index in [0.717, 1.165) is 0 Å². The van der Waals surface area contributed by atoms with Gasteiger partial charge in [0, 0.05) is 6.20 Å². The fraction of sp³-hybridized carbons (Fsp3) is 0.0714. The standard InChI is InChI=1S/C14H11N3O3/c1-20-11-6-2-4-9(8-15)12(11)17-13-10(14(18)19)5-3-7-16-13/h2-7H,1H3,(H,16,17)(H,18,19). The molecule has 0 spiro atoms. The summed E-state index contributed by atoms with van der Waals surface area (Å²) in [5.41, 5.74) is 0.743. The van der Waals surface area contributed by atoms with Crippen LogP contribution in [0.1, 0.15) is 15.9 Å². The Hall–Kier alpha value is -3.07. The first-order valence-electron chi connectivity index (χ1n) is 5.69. The van der Waals surface area contributed by atoms with Gasteiger partial charge in [-0.05, 0) is 24.3 Å². The van der Waals surface area contributed by atoms with E-state index in [1.165, 1.54) is 25.4 Å². The Bertz CT molecular complexity index is 692. The topological polar surface area (TPSA) is 95.2 Å². The average Bonchev–Trinajstić information content (AvgIpc) is 2.47. The number of methoxy groups -OCH3 is 1. The first-order chi connectivity index (χ1) is 9.67. The first-order valence-corrected chi connectivity index (χ1v) is 5.69. The van der Waals surface area contributed by atoms with Crippen LogP contribution in [0.25, 0.3) is 0 Å². The third-order valence-corrected chi connectivity index (χ3v) is 2.65. The number of nitrogens with zero attached hydrogens (tertiary/aromatic N) is 2. The molecule has 100 valence electrons. The van der Waals surface area contributed by atoms with E-state index in [2.05, 4.69) is 10.3 Å². The minimum Gasteiger partial charge on any atom is -0.495 e. The predicted molar refractivity (Wildman–Crippen MR) is 72.2 cm³/mol. The van der Waals surface area contributed by atoms with Crippen molar-refractivity contribution in [3.8, 4) is 11.8 Å². The maximum Gasteiger partial charge on any atom is 0.339 e. The van der Waals surface area contributed by atoms with E-state index in [9.17, 15) is 4.79 Å². The molecule has 0 fully saturated rings. The highest BCUT2D eigenvalue weighted by atomic mass is 16.5. The zero-order chi connectivity index (χ0) is 14.5. The van der Waals surface area contributed by atoms with Crippen LogP contribution in [0.4, 0.5) is 11.5 Å². The highest BCUT2D eigenvalue weighted by Crippen LogP contribution is 2.31. The molecule has 6 nitrogen and oxygen atoms in total. The number of carbonyl (C=O) groups is 1. The van der Waals surface area contributed by atoms with E-state index in [-0.39, 0.29) is 11.4 Å². The second kappa shape index (κ2) is 5.71. The molecule has 20 heavy (non-hydrogen) atoms. The Morgan fingerprint density at radius 1 is 1.40 bits per heavy atom. The molecular weight excluding hydrogens is 258 g/mol. The molecule has 0 saturated carbocycles. The van der Waals surface area contributed by atoms with Crippen LogP contribution in [0.5, 0.6) is 5.75 Å². The lowest BCUT2D eigenvalue weighted by Crippen LogP contribution is -2.06. The summed E-state index contributed by atoms with van der Waals surface area (Å²) in [6.45, 7) is 0. The SMILES string of the molecule is COc1cccc(C#N)c1Nc1ncccc1C(=O)O. The lowest BCUT2D eigenvalue weighted by molar-refractivity contribution is 0.0697. The van der Waals surface area contributed by atoms with Crippen LogP contribution in [-0.4, -0.2) is 23.2 Å². The van der Waals surface area contributed by atoms with Crippen molar-refractivity contribution in [2.24, 2.45) is 0 Å². The minimum atomic E-state index is -1.10. The number of pyridine rings is 1. The number of nitrogens with one attached hydrogen (secondary N) is 1. The van der Waals surface area contributed by atoms with E-state index < -0.39 is 5.97 Å². The van der Waals surface area contributed by atoms with Gasteiger partial charge in [-0.2, -0.15) is 5.26 Å². The molecule has 1 heterocycles. The second-order valence-corrected chi connectivity index (χ2v) is 3.82. The summed E-state index contributed by atoms with van der Waals surface area (Å²) in [5.74, 6) is -0.513. The molecule has 6 heteroatoms. The van der Waals surface area contributed by atoms with Gasteiger partial charge in [-0.15, -0.1) is 0 Å². The number of rotatable bonds is 4. The summed E-state index contributed by atoms with van der Waals surface area (Å²) in [7, 11) is 1.47. The van der Waals surface area contributed by atoms with Crippen molar-refractivity contribution < 1.29 is 14.6 Å². The summed E-state index contributed by atoms with van der Waals surface area (Å²) in [5, 5.41) is 21.1. The van der Waals surface area contributed by atoms with E-state index >= 15 is 0 Å². The van der Waals surface area contributed by atoms with Crippen molar-refractivity contribution in [1.82, 2.24) is 4.98 Å². The monoisotopic (exact) mass is 269 g/mol. The number of hydrogen-bond donors (Lipinski definition) is 2. The normalized spacial score (nSPS) is 9.60. The molecule has 0 saturated heterocycles. The number of aromatic carboxylic acids is 1. The van der Waals surface area contributed by atoms with Gasteiger partial charge in [0.25, 0.3) is 0 Å². The number of carboxylic acids is 1. The summed E-state index contributed by atoms with van der Waals surface area (Å²) in [6, 6.07) is 9.94. The maximum atomic E-state index is 11.1. The predicted octanol–water partition coefficient (Wildman–Crippen LogP) is 2.40. The number of anilines is 2. The second-order valence-electron chi connectivity index (χ2n) is 3.82. The van der Waals surface area contributed by atoms with Crippen LogP contribution < -0.4 is 10.1 Å². The zero-order valence-electron chi connectivity index (χ0n) is 10.6. The van der Waals surface area contributed by atoms with Gasteiger partial charge in [0.2, 0.25) is 0 Å². The first kappa shape index (κ1) is 13.4. The van der Waals surface area contributed by atoms with Crippen LogP contribution in [-0.2, 0) is 0 Å². The molecule has 0 radical (unpaired) electrons. The van der Waals surface area contributed by atoms with Crippen LogP contribution in [0, 0.1) is 11.3 Å². The highest BCUT2D eigenvalue weighted by Gasteiger charge is 2.15. The molecule has 0 aliphatic heterocycles. The summed E-state index contributed by atoms with van der Waals surface area (Å²) in [6.07, 6.45) is 1.47. The summed E-state index contributed by atoms with van der Waals surface area (Å²) < 4.78 is 5.17. The average molecular weight is 269 g/mol. The molecule has 0 amide bonds. The smallest absolute Gasteiger partial charge is 0.339 e. The Kier molecular flexibility index (Phi) is 3.82. The molecule has 1 aromatic carbocycles. The molecule has 0 atom stereocenters. The molecule has 2 aromatic rings. The van der Waals surface area contributed by atoms with Crippen molar-refractivity contribution >= 4 is 17.5 Å². The number of aromatic nitrogens is 1. The molecule has 1 aromatic heterocycles.